The summed E-state index contributed by atoms with van der Waals surface area (Å²) in [6, 6.07) is 12.6. The number of nitrogens with one attached hydrogen (secondary N) is 1. The number of amides is 2. The van der Waals surface area contributed by atoms with Crippen molar-refractivity contribution in [2.75, 3.05) is 43.5 Å². The lowest BCUT2D eigenvalue weighted by molar-refractivity contribution is 0.208. The van der Waals surface area contributed by atoms with Gasteiger partial charge >= 0.3 is 6.03 Å². The molecule has 2 heterocycles. The first-order valence-electron chi connectivity index (χ1n) is 9.12. The third-order valence-electron chi connectivity index (χ3n) is 4.77. The number of carbonyl (C=O) groups is 1. The summed E-state index contributed by atoms with van der Waals surface area (Å²) in [7, 11) is 1.49. The van der Waals surface area contributed by atoms with Crippen molar-refractivity contribution in [3.8, 4) is 5.88 Å². The van der Waals surface area contributed by atoms with Crippen LogP contribution >= 0.6 is 23.2 Å². The molecule has 1 aliphatic rings. The highest BCUT2D eigenvalue weighted by molar-refractivity contribution is 6.33. The highest BCUT2D eigenvalue weighted by Gasteiger charge is 2.24. The van der Waals surface area contributed by atoms with Gasteiger partial charge in [0.25, 0.3) is 5.88 Å². The monoisotopic (exact) mass is 431 g/mol. The van der Waals surface area contributed by atoms with Gasteiger partial charge in [-0.05, 0) is 30.3 Å². The molecule has 0 radical (unpaired) electrons. The lowest BCUT2D eigenvalue weighted by atomic mass is 10.2. The van der Waals surface area contributed by atoms with Crippen molar-refractivity contribution in [3.63, 3.8) is 0 Å². The molecule has 1 aliphatic heterocycles. The van der Waals surface area contributed by atoms with Gasteiger partial charge in [0.1, 0.15) is 0 Å². The first-order chi connectivity index (χ1) is 14.0. The number of benzene rings is 2. The van der Waals surface area contributed by atoms with Gasteiger partial charge in [0.2, 0.25) is 0 Å². The molecule has 0 unspecified atom stereocenters. The molecule has 2 amide bonds. The molecule has 29 heavy (non-hydrogen) atoms. The summed E-state index contributed by atoms with van der Waals surface area (Å²) < 4.78 is 5.30. The Balaban J connectivity index is 1.47. The first-order valence-corrected chi connectivity index (χ1v) is 9.87. The van der Waals surface area contributed by atoms with E-state index in [9.17, 15) is 4.79 Å². The third-order valence-corrected chi connectivity index (χ3v) is 5.33. The van der Waals surface area contributed by atoms with Crippen LogP contribution in [-0.2, 0) is 0 Å². The van der Waals surface area contributed by atoms with Gasteiger partial charge in [0, 0.05) is 31.2 Å². The van der Waals surface area contributed by atoms with E-state index in [0.29, 0.717) is 47.3 Å². The second kappa shape index (κ2) is 8.31. The second-order valence-corrected chi connectivity index (χ2v) is 7.41. The van der Waals surface area contributed by atoms with Crippen LogP contribution in [0.1, 0.15) is 0 Å². The number of ether oxygens (including phenoxy) is 1. The fourth-order valence-electron chi connectivity index (χ4n) is 3.27. The minimum atomic E-state index is -0.252. The number of aromatic nitrogens is 2. The standard InChI is InChI=1S/C20H19Cl2N5O2/c1-29-19-18(23-16-12-13(21)6-7-15(16)24-19)25-20(28)27-10-8-26(9-11-27)17-5-3-2-4-14(17)22/h2-7,12H,8-11H2,1H3,(H,23,25,28). The molecule has 2 aromatic carbocycles. The number of nitrogens with zero attached hydrogens (tertiary/aromatic N) is 4. The Morgan fingerprint density at radius 3 is 2.52 bits per heavy atom. The van der Waals surface area contributed by atoms with E-state index in [1.165, 1.54) is 7.11 Å². The fraction of sp³-hybridized carbons (Fsp3) is 0.250. The van der Waals surface area contributed by atoms with E-state index in [1.807, 2.05) is 24.3 Å². The minimum absolute atomic E-state index is 0.252. The predicted octanol–water partition coefficient (Wildman–Crippen LogP) is 4.30. The molecule has 1 N–H and O–H groups in total. The second-order valence-electron chi connectivity index (χ2n) is 6.57. The van der Waals surface area contributed by atoms with Gasteiger partial charge in [-0.15, -0.1) is 0 Å². The maximum absolute atomic E-state index is 12.8. The van der Waals surface area contributed by atoms with Gasteiger partial charge in [-0.2, -0.15) is 0 Å². The van der Waals surface area contributed by atoms with Gasteiger partial charge in [-0.3, -0.25) is 5.32 Å². The Hall–Kier alpha value is -2.77. The third kappa shape index (κ3) is 4.16. The van der Waals surface area contributed by atoms with Gasteiger partial charge in [-0.25, -0.2) is 14.8 Å². The van der Waals surface area contributed by atoms with Crippen LogP contribution in [0, 0.1) is 0 Å². The summed E-state index contributed by atoms with van der Waals surface area (Å²) in [4.78, 5) is 25.5. The van der Waals surface area contributed by atoms with Crippen molar-refractivity contribution >= 4 is 51.8 Å². The maximum Gasteiger partial charge on any atom is 0.323 e. The molecule has 0 saturated carbocycles. The quantitative estimate of drug-likeness (QED) is 0.669. The Bertz CT molecular complexity index is 1050. The Morgan fingerprint density at radius 1 is 1.03 bits per heavy atom. The first kappa shape index (κ1) is 19.5. The van der Waals surface area contributed by atoms with Crippen LogP contribution < -0.4 is 15.0 Å². The number of para-hydroxylation sites is 1. The Kier molecular flexibility index (Phi) is 5.60. The van der Waals surface area contributed by atoms with Crippen molar-refractivity contribution in [1.29, 1.82) is 0 Å². The minimum Gasteiger partial charge on any atom is -0.478 e. The van der Waals surface area contributed by atoms with Crippen molar-refractivity contribution in [2.45, 2.75) is 0 Å². The number of methoxy groups -OCH3 is 1. The molecule has 9 heteroatoms. The predicted molar refractivity (Wildman–Crippen MR) is 115 cm³/mol. The van der Waals surface area contributed by atoms with E-state index in [4.69, 9.17) is 27.9 Å². The van der Waals surface area contributed by atoms with Crippen molar-refractivity contribution in [3.05, 3.63) is 52.5 Å². The molecular formula is C20H19Cl2N5O2. The zero-order valence-electron chi connectivity index (χ0n) is 15.7. The summed E-state index contributed by atoms with van der Waals surface area (Å²) in [6.45, 7) is 2.50. The summed E-state index contributed by atoms with van der Waals surface area (Å²) in [5, 5.41) is 4.06. The number of urea groups is 1. The molecule has 0 bridgehead atoms. The van der Waals surface area contributed by atoms with E-state index < -0.39 is 0 Å². The number of halogens is 2. The number of hydrogen-bond acceptors (Lipinski definition) is 5. The highest BCUT2D eigenvalue weighted by Crippen LogP contribution is 2.27. The number of fused-ring (bicyclic) bond motifs is 1. The van der Waals surface area contributed by atoms with E-state index in [0.717, 1.165) is 5.69 Å². The zero-order chi connectivity index (χ0) is 20.4. The van der Waals surface area contributed by atoms with Gasteiger partial charge < -0.3 is 14.5 Å². The summed E-state index contributed by atoms with van der Waals surface area (Å²) >= 11 is 12.3. The van der Waals surface area contributed by atoms with Gasteiger partial charge in [0.05, 0.1) is 28.9 Å². The van der Waals surface area contributed by atoms with Crippen LogP contribution in [-0.4, -0.2) is 54.2 Å². The number of piperazine rings is 1. The Labute approximate surface area is 178 Å². The largest absolute Gasteiger partial charge is 0.478 e. The molecule has 0 atom stereocenters. The lowest BCUT2D eigenvalue weighted by Crippen LogP contribution is -2.50. The van der Waals surface area contributed by atoms with Crippen LogP contribution in [0.5, 0.6) is 5.88 Å². The normalized spacial score (nSPS) is 14.2. The van der Waals surface area contributed by atoms with Crippen LogP contribution in [0.3, 0.4) is 0 Å². The smallest absolute Gasteiger partial charge is 0.323 e. The molecule has 0 spiro atoms. The average molecular weight is 432 g/mol. The lowest BCUT2D eigenvalue weighted by Gasteiger charge is -2.36. The van der Waals surface area contributed by atoms with Crippen LogP contribution in [0.2, 0.25) is 10.0 Å². The van der Waals surface area contributed by atoms with E-state index in [1.54, 1.807) is 23.1 Å². The fourth-order valence-corrected chi connectivity index (χ4v) is 3.70. The summed E-state index contributed by atoms with van der Waals surface area (Å²) in [5.41, 5.74) is 2.20. The molecular weight excluding hydrogens is 413 g/mol. The summed E-state index contributed by atoms with van der Waals surface area (Å²) in [5.74, 6) is 0.517. The Morgan fingerprint density at radius 2 is 1.79 bits per heavy atom. The van der Waals surface area contributed by atoms with Crippen LogP contribution in [0.4, 0.5) is 16.3 Å². The highest BCUT2D eigenvalue weighted by atomic mass is 35.5. The van der Waals surface area contributed by atoms with Crippen LogP contribution in [0.15, 0.2) is 42.5 Å². The zero-order valence-corrected chi connectivity index (χ0v) is 17.2. The molecule has 150 valence electrons. The SMILES string of the molecule is COc1nc2ccc(Cl)cc2nc1NC(=O)N1CCN(c2ccccc2Cl)CC1. The number of hydrogen-bond donors (Lipinski definition) is 1. The van der Waals surface area contributed by atoms with E-state index >= 15 is 0 Å². The van der Waals surface area contributed by atoms with E-state index in [-0.39, 0.29) is 17.7 Å². The van der Waals surface area contributed by atoms with Crippen molar-refractivity contribution in [2.24, 2.45) is 0 Å². The molecule has 4 rings (SSSR count). The van der Waals surface area contributed by atoms with Crippen molar-refractivity contribution in [1.82, 2.24) is 14.9 Å². The van der Waals surface area contributed by atoms with Crippen molar-refractivity contribution < 1.29 is 9.53 Å². The average Bonchev–Trinajstić information content (AvgIpc) is 2.73. The topological polar surface area (TPSA) is 70.6 Å². The molecule has 1 fully saturated rings. The van der Waals surface area contributed by atoms with Gasteiger partial charge in [0.15, 0.2) is 5.82 Å². The molecule has 1 saturated heterocycles. The molecule has 0 aliphatic carbocycles. The number of anilines is 2. The molecule has 7 nitrogen and oxygen atoms in total. The maximum atomic E-state index is 12.8. The molecule has 3 aromatic rings. The molecule has 1 aromatic heterocycles. The number of rotatable bonds is 3. The number of carbonyl (C=O) groups excluding carboxylic acids is 1. The van der Waals surface area contributed by atoms with E-state index in [2.05, 4.69) is 20.2 Å². The van der Waals surface area contributed by atoms with Crippen LogP contribution in [0.25, 0.3) is 11.0 Å². The van der Waals surface area contributed by atoms with Gasteiger partial charge in [-0.1, -0.05) is 35.3 Å². The summed E-state index contributed by atoms with van der Waals surface area (Å²) in [6.07, 6.45) is 0.